The molecule has 16 rings (SSSR count). The molecule has 3 radical (unpaired) electrons. The first kappa shape index (κ1) is 66.4. The molecule has 443 valence electrons. The van der Waals surface area contributed by atoms with Gasteiger partial charge in [0.1, 0.15) is 0 Å². The molecule has 7 aromatic heterocycles. The molecular formula is C74H58Ir3N7O4-3. The summed E-state index contributed by atoms with van der Waals surface area (Å²) in [5.74, 6) is -0.0625. The first-order valence-corrected chi connectivity index (χ1v) is 27.4. The number of hydrogen-bond acceptors (Lipinski definition) is 6. The quantitative estimate of drug-likeness (QED) is 0.129. The molecule has 0 fully saturated rings. The second-order valence-corrected chi connectivity index (χ2v) is 19.9. The van der Waals surface area contributed by atoms with Gasteiger partial charge in [0, 0.05) is 96.7 Å². The van der Waals surface area contributed by atoms with Gasteiger partial charge in [-0.3, -0.25) is 24.7 Å². The van der Waals surface area contributed by atoms with Gasteiger partial charge in [-0.05, 0) is 140 Å². The fraction of sp³-hybridized carbons (Fsp3) is 0.0405. The average Bonchev–Trinajstić information content (AvgIpc) is 2.30. The fourth-order valence-corrected chi connectivity index (χ4v) is 10.8. The van der Waals surface area contributed by atoms with Crippen LogP contribution in [0, 0.1) is 0 Å². The van der Waals surface area contributed by atoms with E-state index in [9.17, 15) is 4.79 Å². The van der Waals surface area contributed by atoms with Crippen LogP contribution in [-0.2, 0) is 71.5 Å². The number of rotatable bonds is 5. The van der Waals surface area contributed by atoms with Crippen LogP contribution in [0.1, 0.15) is 25.0 Å². The zero-order valence-electron chi connectivity index (χ0n) is 47.7. The number of para-hydroxylation sites is 6. The van der Waals surface area contributed by atoms with Crippen molar-refractivity contribution in [3.63, 3.8) is 0 Å². The van der Waals surface area contributed by atoms with Gasteiger partial charge in [-0.2, -0.15) is 0 Å². The van der Waals surface area contributed by atoms with E-state index in [1.807, 2.05) is 110 Å². The van der Waals surface area contributed by atoms with Crippen molar-refractivity contribution in [2.24, 2.45) is 0 Å². The number of nitrogens with zero attached hydrogens (tertiary/aromatic N) is 7. The summed E-state index contributed by atoms with van der Waals surface area (Å²) in [6.07, 6.45) is 9.49. The fourth-order valence-electron chi connectivity index (χ4n) is 10.8. The van der Waals surface area contributed by atoms with Gasteiger partial charge < -0.3 is 31.0 Å². The van der Waals surface area contributed by atoms with Gasteiger partial charge >= 0.3 is 0 Å². The summed E-state index contributed by atoms with van der Waals surface area (Å²) in [7, 11) is 0. The third kappa shape index (κ3) is 14.5. The molecule has 0 spiro atoms. The third-order valence-electron chi connectivity index (χ3n) is 14.4. The minimum atomic E-state index is -0.125. The molecule has 88 heavy (non-hydrogen) atoms. The smallest absolute Gasteiger partial charge is 0.155 e. The van der Waals surface area contributed by atoms with E-state index in [0.717, 1.165) is 79.0 Å². The molecule has 1 aliphatic rings. The van der Waals surface area contributed by atoms with Gasteiger partial charge in [-0.25, -0.2) is 0 Å². The number of carbonyl (C=O) groups excluding carboxylic acids is 1. The number of aromatic nitrogens is 7. The Balaban J connectivity index is 0.000000159. The van der Waals surface area contributed by atoms with E-state index in [0.29, 0.717) is 0 Å². The SMILES string of the molecule is CC(=O)C=C(C)O.O.O.[Ir].[Ir].[Ir].c1ccc(-c2cccc3c2Cc2ccccc2-3)nc1.c1ccc(-c2cccc3c2[n-]c2ccccc23)nc1.c1ccc(-c2cccc3c2[n-]c2ccccc23)nc1.c1ccc(-c2cccc3c2[n-]c2ccccc23)nc1. The summed E-state index contributed by atoms with van der Waals surface area (Å²) < 4.78 is 0. The topological polar surface area (TPSA) is 194 Å². The van der Waals surface area contributed by atoms with E-state index in [1.165, 1.54) is 80.1 Å². The maximum atomic E-state index is 10.0. The van der Waals surface area contributed by atoms with Crippen molar-refractivity contribution in [3.05, 3.63) is 290 Å². The summed E-state index contributed by atoms with van der Waals surface area (Å²) >= 11 is 0. The Kier molecular flexibility index (Phi) is 23.3. The van der Waals surface area contributed by atoms with Crippen LogP contribution in [0.15, 0.2) is 279 Å². The van der Waals surface area contributed by atoms with Gasteiger partial charge in [-0.15, -0.1) is 33.1 Å². The maximum absolute atomic E-state index is 10.0. The van der Waals surface area contributed by atoms with Crippen LogP contribution in [-0.4, -0.2) is 41.8 Å². The first-order chi connectivity index (χ1) is 40.9. The Morgan fingerprint density at radius 2 is 0.648 bits per heavy atom. The molecule has 15 aromatic rings. The second kappa shape index (κ2) is 31.0. The zero-order valence-corrected chi connectivity index (χ0v) is 54.9. The van der Waals surface area contributed by atoms with E-state index in [4.69, 9.17) is 20.1 Å². The number of hydrogen-bond donors (Lipinski definition) is 1. The van der Waals surface area contributed by atoms with E-state index >= 15 is 0 Å². The van der Waals surface area contributed by atoms with Gasteiger partial charge in [0.25, 0.3) is 0 Å². The number of benzene rings is 8. The number of aliphatic hydroxyl groups excluding tert-OH is 1. The molecule has 0 saturated heterocycles. The van der Waals surface area contributed by atoms with Crippen LogP contribution in [0.4, 0.5) is 0 Å². The number of aliphatic hydroxyl groups is 1. The Labute approximate surface area is 549 Å². The summed E-state index contributed by atoms with van der Waals surface area (Å²) in [6, 6.07) is 82.7. The molecule has 0 atom stereocenters. The number of pyridine rings is 4. The van der Waals surface area contributed by atoms with Crippen LogP contribution in [0.5, 0.6) is 0 Å². The van der Waals surface area contributed by atoms with Gasteiger partial charge in [-0.1, -0.05) is 194 Å². The summed E-state index contributed by atoms with van der Waals surface area (Å²) in [5.41, 5.74) is 20.3. The molecule has 0 bridgehead atoms. The number of allylic oxidation sites excluding steroid dienone is 2. The number of fused-ring (bicyclic) bond motifs is 12. The molecule has 1 aliphatic carbocycles. The van der Waals surface area contributed by atoms with Crippen molar-refractivity contribution < 1.29 is 81.2 Å². The monoisotopic (exact) mass is 1690 g/mol. The number of carbonyl (C=O) groups is 1. The normalized spacial score (nSPS) is 10.7. The van der Waals surface area contributed by atoms with E-state index < -0.39 is 0 Å². The van der Waals surface area contributed by atoms with Crippen LogP contribution in [0.25, 0.3) is 122 Å². The van der Waals surface area contributed by atoms with E-state index in [2.05, 4.69) is 178 Å². The standard InChI is InChI=1S/C18H13N.3C17H11N2.C5H8O2.3Ir.2H2O/c1-2-7-14-13(6-1)12-17-15(14)8-5-9-16(17)18-10-3-4-11-19-18;3*1-2-10-16-12(6-1)13-7-5-8-14(17(13)19-16)15-9-3-4-11-18-15;1-4(6)3-5(2)7;;;;;/h1-11H,12H2;3*1-11H;3,6H,1-2H3;;;;2*1H2/q;3*-1;;;;;;. The minimum absolute atomic E-state index is 0. The predicted molar refractivity (Wildman–Crippen MR) is 346 cm³/mol. The molecule has 0 amide bonds. The Morgan fingerprint density at radius 3 is 1.00 bits per heavy atom. The molecule has 5 N–H and O–H groups in total. The maximum Gasteiger partial charge on any atom is 0.155 e. The Morgan fingerprint density at radius 1 is 0.352 bits per heavy atom. The Bertz CT molecular complexity index is 4430. The van der Waals surface area contributed by atoms with E-state index in [-0.39, 0.29) is 82.8 Å². The van der Waals surface area contributed by atoms with Crippen molar-refractivity contribution in [1.82, 2.24) is 34.9 Å². The third-order valence-corrected chi connectivity index (χ3v) is 14.4. The molecule has 8 aromatic carbocycles. The molecule has 7 heterocycles. The molecular weight excluding hydrogens is 1630 g/mol. The molecule has 0 unspecified atom stereocenters. The van der Waals surface area contributed by atoms with Crippen LogP contribution < -0.4 is 15.0 Å². The molecule has 0 saturated carbocycles. The molecule has 11 nitrogen and oxygen atoms in total. The van der Waals surface area contributed by atoms with Crippen LogP contribution in [0.3, 0.4) is 0 Å². The van der Waals surface area contributed by atoms with Crippen molar-refractivity contribution in [2.75, 3.05) is 0 Å². The van der Waals surface area contributed by atoms with Gasteiger partial charge in [0.2, 0.25) is 0 Å². The minimum Gasteiger partial charge on any atom is -0.656 e. The zero-order chi connectivity index (χ0) is 56.5. The van der Waals surface area contributed by atoms with Gasteiger partial charge in [0.05, 0.1) is 28.5 Å². The Hall–Kier alpha value is -9.16. The number of ketones is 1. The first-order valence-electron chi connectivity index (χ1n) is 27.4. The summed E-state index contributed by atoms with van der Waals surface area (Å²) in [6.45, 7) is 2.85. The summed E-state index contributed by atoms with van der Waals surface area (Å²) in [4.78, 5) is 42.0. The van der Waals surface area contributed by atoms with Crippen LogP contribution >= 0.6 is 0 Å². The van der Waals surface area contributed by atoms with E-state index in [1.54, 1.807) is 0 Å². The van der Waals surface area contributed by atoms with Crippen molar-refractivity contribution >= 4 is 71.2 Å². The molecule has 14 heteroatoms. The molecule has 0 aliphatic heterocycles. The van der Waals surface area contributed by atoms with Crippen molar-refractivity contribution in [2.45, 2.75) is 20.3 Å². The van der Waals surface area contributed by atoms with Crippen molar-refractivity contribution in [1.29, 1.82) is 0 Å². The largest absolute Gasteiger partial charge is 0.656 e. The van der Waals surface area contributed by atoms with Gasteiger partial charge in [0.15, 0.2) is 5.78 Å². The van der Waals surface area contributed by atoms with Crippen LogP contribution in [0.2, 0.25) is 0 Å². The predicted octanol–water partition coefficient (Wildman–Crippen LogP) is 15.7. The summed E-state index contributed by atoms with van der Waals surface area (Å²) in [5, 5.41) is 15.6. The average molecular weight is 1690 g/mol. The van der Waals surface area contributed by atoms with Crippen molar-refractivity contribution in [3.8, 4) is 56.2 Å². The second-order valence-electron chi connectivity index (χ2n) is 19.9.